The number of hydrogen-bond acceptors (Lipinski definition) is 8. The summed E-state index contributed by atoms with van der Waals surface area (Å²) in [5.74, 6) is 0.000138. The molecule has 9 heteroatoms. The SMILES string of the molecule is CC(=O)OC1CC2(O)C3CCC4CC(N(C)C(=O)OCCN5CCCC5)CCC4(C)C3CCC2(C)C1C1=CC(=O)OC1. The van der Waals surface area contributed by atoms with Gasteiger partial charge in [-0.3, -0.25) is 9.69 Å². The van der Waals surface area contributed by atoms with Crippen molar-refractivity contribution in [3.05, 3.63) is 11.6 Å². The van der Waals surface area contributed by atoms with Crippen molar-refractivity contribution in [3.8, 4) is 0 Å². The molecule has 234 valence electrons. The third-order valence-electron chi connectivity index (χ3n) is 12.9. The van der Waals surface area contributed by atoms with Crippen molar-refractivity contribution in [1.29, 1.82) is 0 Å². The average molecular weight is 587 g/mol. The summed E-state index contributed by atoms with van der Waals surface area (Å²) in [7, 11) is 1.89. The van der Waals surface area contributed by atoms with Gasteiger partial charge in [-0.25, -0.2) is 9.59 Å². The standard InChI is InChI=1S/C33H50N2O7/c1-21(36)42-27-19-33(39)26-8-7-23-18-24(34(4)30(38)40-16-15-35-13-5-6-14-35)9-11-31(23,2)25(26)10-12-32(33,3)29(27)22-17-28(37)41-20-22/h17,23-27,29,39H,5-16,18-20H2,1-4H3. The zero-order valence-corrected chi connectivity index (χ0v) is 25.9. The summed E-state index contributed by atoms with van der Waals surface area (Å²) >= 11 is 0. The van der Waals surface area contributed by atoms with Crippen molar-refractivity contribution < 1.29 is 33.7 Å². The minimum Gasteiger partial charge on any atom is -0.462 e. The normalized spacial score (nSPS) is 43.1. The molecule has 1 amide bonds. The maximum Gasteiger partial charge on any atom is 0.409 e. The molecule has 0 aromatic heterocycles. The first-order valence-electron chi connectivity index (χ1n) is 16.3. The number of rotatable bonds is 6. The first-order chi connectivity index (χ1) is 20.0. The van der Waals surface area contributed by atoms with E-state index in [2.05, 4.69) is 18.7 Å². The zero-order valence-electron chi connectivity index (χ0n) is 25.9. The van der Waals surface area contributed by atoms with Gasteiger partial charge in [0.15, 0.2) is 0 Å². The van der Waals surface area contributed by atoms with E-state index in [-0.39, 0.29) is 47.9 Å². The summed E-state index contributed by atoms with van der Waals surface area (Å²) in [4.78, 5) is 41.3. The van der Waals surface area contributed by atoms with Gasteiger partial charge in [-0.15, -0.1) is 0 Å². The molecule has 9 unspecified atom stereocenters. The Hall–Kier alpha value is -2.13. The summed E-state index contributed by atoms with van der Waals surface area (Å²) in [5, 5.41) is 12.7. The lowest BCUT2D eigenvalue weighted by Crippen LogP contribution is -2.62. The summed E-state index contributed by atoms with van der Waals surface area (Å²) in [5.41, 5.74) is -0.571. The van der Waals surface area contributed by atoms with Crippen LogP contribution in [0.15, 0.2) is 11.6 Å². The monoisotopic (exact) mass is 586 g/mol. The Morgan fingerprint density at radius 1 is 1.12 bits per heavy atom. The van der Waals surface area contributed by atoms with E-state index in [1.54, 1.807) is 6.08 Å². The number of hydrogen-bond donors (Lipinski definition) is 1. The predicted molar refractivity (Wildman–Crippen MR) is 155 cm³/mol. The molecule has 0 spiro atoms. The Kier molecular flexibility index (Phi) is 7.91. The number of fused-ring (bicyclic) bond motifs is 5. The highest BCUT2D eigenvalue weighted by Crippen LogP contribution is 2.70. The average Bonchev–Trinajstić information content (AvgIpc) is 3.66. The van der Waals surface area contributed by atoms with Crippen LogP contribution in [0.25, 0.3) is 0 Å². The van der Waals surface area contributed by atoms with Gasteiger partial charge in [0.2, 0.25) is 0 Å². The molecule has 0 aromatic rings. The molecule has 9 atom stereocenters. The number of ether oxygens (including phenoxy) is 3. The minimum atomic E-state index is -0.992. The quantitative estimate of drug-likeness (QED) is 0.363. The molecule has 6 rings (SSSR count). The first-order valence-corrected chi connectivity index (χ1v) is 16.3. The molecule has 0 radical (unpaired) electrons. The lowest BCUT2D eigenvalue weighted by atomic mass is 9.43. The summed E-state index contributed by atoms with van der Waals surface area (Å²) < 4.78 is 16.8. The van der Waals surface area contributed by atoms with Crippen LogP contribution in [-0.4, -0.2) is 90.6 Å². The van der Waals surface area contributed by atoms with Gasteiger partial charge in [-0.05, 0) is 99.6 Å². The van der Waals surface area contributed by atoms with Gasteiger partial charge in [-0.1, -0.05) is 13.8 Å². The molecule has 2 aliphatic heterocycles. The van der Waals surface area contributed by atoms with Crippen LogP contribution >= 0.6 is 0 Å². The van der Waals surface area contributed by atoms with Gasteiger partial charge in [-0.2, -0.15) is 0 Å². The maximum absolute atomic E-state index is 12.9. The molecule has 1 saturated heterocycles. The van der Waals surface area contributed by atoms with Crippen molar-refractivity contribution in [2.75, 3.05) is 39.9 Å². The Morgan fingerprint density at radius 3 is 2.57 bits per heavy atom. The minimum absolute atomic E-state index is 0.0810. The van der Waals surface area contributed by atoms with E-state index in [1.165, 1.54) is 19.8 Å². The van der Waals surface area contributed by atoms with Crippen molar-refractivity contribution in [2.24, 2.45) is 34.5 Å². The van der Waals surface area contributed by atoms with E-state index in [1.807, 2.05) is 11.9 Å². The van der Waals surface area contributed by atoms with E-state index in [4.69, 9.17) is 14.2 Å². The van der Waals surface area contributed by atoms with E-state index >= 15 is 0 Å². The fourth-order valence-corrected chi connectivity index (χ4v) is 10.6. The molecule has 1 N–H and O–H groups in total. The summed E-state index contributed by atoms with van der Waals surface area (Å²) in [6.07, 6.45) is 10.4. The predicted octanol–water partition coefficient (Wildman–Crippen LogP) is 4.32. The van der Waals surface area contributed by atoms with Crippen LogP contribution in [0.2, 0.25) is 0 Å². The molecule has 0 bridgehead atoms. The second-order valence-electron chi connectivity index (χ2n) is 14.7. The lowest BCUT2D eigenvalue weighted by molar-refractivity contribution is -0.206. The zero-order chi connectivity index (χ0) is 29.9. The van der Waals surface area contributed by atoms with Gasteiger partial charge < -0.3 is 24.2 Å². The number of carbonyl (C=O) groups excluding carboxylic acids is 3. The highest BCUT2D eigenvalue weighted by molar-refractivity contribution is 5.85. The van der Waals surface area contributed by atoms with Crippen LogP contribution in [0.4, 0.5) is 4.79 Å². The number of esters is 2. The molecular weight excluding hydrogens is 536 g/mol. The largest absolute Gasteiger partial charge is 0.462 e. The highest BCUT2D eigenvalue weighted by atomic mass is 16.6. The van der Waals surface area contributed by atoms with Crippen molar-refractivity contribution >= 4 is 18.0 Å². The Labute approximate surface area is 250 Å². The second-order valence-corrected chi connectivity index (χ2v) is 14.7. The molecule has 5 fully saturated rings. The number of amides is 1. The van der Waals surface area contributed by atoms with Crippen LogP contribution in [0, 0.1) is 34.5 Å². The molecule has 0 aromatic carbocycles. The lowest BCUT2D eigenvalue weighted by Gasteiger charge is -2.63. The molecule has 4 aliphatic carbocycles. The van der Waals surface area contributed by atoms with E-state index in [0.717, 1.165) is 70.2 Å². The number of carbonyl (C=O) groups is 3. The maximum atomic E-state index is 12.9. The summed E-state index contributed by atoms with van der Waals surface area (Å²) in [6.45, 7) is 9.66. The van der Waals surface area contributed by atoms with Gasteiger partial charge in [0.05, 0.1) is 5.60 Å². The molecule has 4 saturated carbocycles. The number of nitrogens with zero attached hydrogens (tertiary/aromatic N) is 2. The number of likely N-dealkylation sites (tertiary alicyclic amines) is 1. The van der Waals surface area contributed by atoms with Crippen molar-refractivity contribution in [2.45, 2.75) is 103 Å². The van der Waals surface area contributed by atoms with Gasteiger partial charge in [0.25, 0.3) is 0 Å². The highest BCUT2D eigenvalue weighted by Gasteiger charge is 2.71. The molecule has 2 heterocycles. The number of aliphatic hydroxyl groups is 1. The molecule has 9 nitrogen and oxygen atoms in total. The first kappa shape index (κ1) is 29.9. The van der Waals surface area contributed by atoms with Crippen LogP contribution in [0.5, 0.6) is 0 Å². The van der Waals surface area contributed by atoms with Crippen LogP contribution in [0.3, 0.4) is 0 Å². The number of cyclic esters (lactones) is 1. The van der Waals surface area contributed by atoms with Crippen molar-refractivity contribution in [3.63, 3.8) is 0 Å². The second kappa shape index (κ2) is 11.1. The smallest absolute Gasteiger partial charge is 0.409 e. The fraction of sp³-hybridized carbons (Fsp3) is 0.848. The van der Waals surface area contributed by atoms with Crippen LogP contribution in [-0.2, 0) is 23.8 Å². The molecule has 6 aliphatic rings. The Bertz CT molecular complexity index is 1120. The van der Waals surface area contributed by atoms with Crippen LogP contribution < -0.4 is 0 Å². The summed E-state index contributed by atoms with van der Waals surface area (Å²) in [6, 6.07) is 0.173. The Balaban J connectivity index is 1.15. The van der Waals surface area contributed by atoms with E-state index in [0.29, 0.717) is 24.9 Å². The molecule has 42 heavy (non-hydrogen) atoms. The van der Waals surface area contributed by atoms with Gasteiger partial charge >= 0.3 is 18.0 Å². The molecular formula is C33H50N2O7. The van der Waals surface area contributed by atoms with Crippen LogP contribution in [0.1, 0.15) is 85.0 Å². The fourth-order valence-electron chi connectivity index (χ4n) is 10.6. The third kappa shape index (κ3) is 4.86. The van der Waals surface area contributed by atoms with E-state index < -0.39 is 17.1 Å². The van der Waals surface area contributed by atoms with Crippen molar-refractivity contribution in [1.82, 2.24) is 9.80 Å². The Morgan fingerprint density at radius 2 is 1.88 bits per heavy atom. The van der Waals surface area contributed by atoms with E-state index in [9.17, 15) is 19.5 Å². The van der Waals surface area contributed by atoms with Gasteiger partial charge in [0, 0.05) is 50.4 Å². The third-order valence-corrected chi connectivity index (χ3v) is 12.9. The van der Waals surface area contributed by atoms with Gasteiger partial charge in [0.1, 0.15) is 19.3 Å². The topological polar surface area (TPSA) is 106 Å².